The number of hydrogen-bond donors (Lipinski definition) is 1. The fourth-order valence-electron chi connectivity index (χ4n) is 3.20. The number of carbonyl (C=O) groups excluding carboxylic acids is 1. The van der Waals surface area contributed by atoms with Gasteiger partial charge in [-0.1, -0.05) is 36.0 Å². The fraction of sp³-hybridized carbons (Fsp3) is 0.125. The Bertz CT molecular complexity index is 1270. The van der Waals surface area contributed by atoms with Crippen LogP contribution in [0, 0.1) is 11.3 Å². The summed E-state index contributed by atoms with van der Waals surface area (Å²) < 4.78 is 7.30. The van der Waals surface area contributed by atoms with Crippen LogP contribution in [0.4, 0.5) is 5.69 Å². The third-order valence-electron chi connectivity index (χ3n) is 4.82. The third-order valence-corrected chi connectivity index (χ3v) is 5.87. The monoisotopic (exact) mass is 428 g/mol. The zero-order valence-electron chi connectivity index (χ0n) is 17.1. The average Bonchev–Trinajstić information content (AvgIpc) is 3.17. The van der Waals surface area contributed by atoms with E-state index in [1.807, 2.05) is 60.0 Å². The number of para-hydroxylation sites is 3. The van der Waals surface area contributed by atoms with Gasteiger partial charge in [0.25, 0.3) is 0 Å². The van der Waals surface area contributed by atoms with Gasteiger partial charge in [-0.15, -0.1) is 0 Å². The zero-order valence-corrected chi connectivity index (χ0v) is 17.9. The molecular weight excluding hydrogens is 408 g/mol. The summed E-state index contributed by atoms with van der Waals surface area (Å²) >= 11 is 1.37. The molecule has 0 spiro atoms. The number of nitrogens with zero attached hydrogens (tertiary/aromatic N) is 3. The molecule has 1 heterocycles. The minimum Gasteiger partial charge on any atom is -0.497 e. The number of rotatable bonds is 6. The predicted molar refractivity (Wildman–Crippen MR) is 123 cm³/mol. The highest BCUT2D eigenvalue weighted by atomic mass is 32.2. The number of methoxy groups -OCH3 is 1. The van der Waals surface area contributed by atoms with Crippen molar-refractivity contribution in [3.8, 4) is 17.5 Å². The van der Waals surface area contributed by atoms with E-state index in [9.17, 15) is 10.1 Å². The molecule has 31 heavy (non-hydrogen) atoms. The van der Waals surface area contributed by atoms with E-state index in [0.717, 1.165) is 22.5 Å². The first-order valence-electron chi connectivity index (χ1n) is 9.69. The van der Waals surface area contributed by atoms with Crippen molar-refractivity contribution in [3.63, 3.8) is 0 Å². The number of anilines is 1. The molecule has 4 aromatic rings. The summed E-state index contributed by atoms with van der Waals surface area (Å²) in [6.07, 6.45) is 0. The van der Waals surface area contributed by atoms with Gasteiger partial charge in [-0.2, -0.15) is 5.26 Å². The van der Waals surface area contributed by atoms with Gasteiger partial charge in [0.1, 0.15) is 11.8 Å². The van der Waals surface area contributed by atoms with E-state index in [4.69, 9.17) is 9.72 Å². The van der Waals surface area contributed by atoms with Crippen molar-refractivity contribution in [2.75, 3.05) is 12.4 Å². The van der Waals surface area contributed by atoms with Gasteiger partial charge in [-0.05, 0) is 55.5 Å². The number of nitriles is 1. The van der Waals surface area contributed by atoms with Crippen LogP contribution in [-0.2, 0) is 4.79 Å². The van der Waals surface area contributed by atoms with Gasteiger partial charge in [0, 0.05) is 5.69 Å². The summed E-state index contributed by atoms with van der Waals surface area (Å²) in [5.74, 6) is 0.576. The zero-order chi connectivity index (χ0) is 21.8. The Kier molecular flexibility index (Phi) is 5.92. The molecule has 7 heteroatoms. The predicted octanol–water partition coefficient (Wildman–Crippen LogP) is 5.03. The van der Waals surface area contributed by atoms with Gasteiger partial charge in [0.2, 0.25) is 5.91 Å². The van der Waals surface area contributed by atoms with Crippen LogP contribution in [0.3, 0.4) is 0 Å². The molecule has 1 unspecified atom stereocenters. The Morgan fingerprint density at radius 2 is 1.81 bits per heavy atom. The first-order valence-corrected chi connectivity index (χ1v) is 10.6. The number of imidazole rings is 1. The summed E-state index contributed by atoms with van der Waals surface area (Å²) in [4.78, 5) is 17.6. The molecule has 3 aromatic carbocycles. The van der Waals surface area contributed by atoms with Gasteiger partial charge in [-0.25, -0.2) is 4.98 Å². The molecule has 1 N–H and O–H groups in total. The fourth-order valence-corrected chi connectivity index (χ4v) is 4.14. The molecular formula is C24H20N4O2S. The second-order valence-corrected chi connectivity index (χ2v) is 8.13. The lowest BCUT2D eigenvalue weighted by molar-refractivity contribution is -0.115. The van der Waals surface area contributed by atoms with E-state index in [-0.39, 0.29) is 5.91 Å². The molecule has 0 aliphatic carbocycles. The summed E-state index contributed by atoms with van der Waals surface area (Å²) in [6.45, 7) is 1.83. The summed E-state index contributed by atoms with van der Waals surface area (Å²) in [5.41, 5.74) is 3.67. The first kappa shape index (κ1) is 20.5. The molecule has 0 radical (unpaired) electrons. The van der Waals surface area contributed by atoms with Gasteiger partial charge in [0.05, 0.1) is 34.6 Å². The average molecular weight is 429 g/mol. The van der Waals surface area contributed by atoms with E-state index in [2.05, 4.69) is 11.4 Å². The first-order chi connectivity index (χ1) is 15.1. The Morgan fingerprint density at radius 1 is 1.10 bits per heavy atom. The third kappa shape index (κ3) is 4.25. The van der Waals surface area contributed by atoms with Crippen LogP contribution in [0.25, 0.3) is 16.7 Å². The number of nitrogens with one attached hydrogen (secondary N) is 1. The van der Waals surface area contributed by atoms with Crippen LogP contribution >= 0.6 is 11.8 Å². The molecule has 1 amide bonds. The number of aromatic nitrogens is 2. The Labute approximate surface area is 184 Å². The van der Waals surface area contributed by atoms with Crippen molar-refractivity contribution in [2.24, 2.45) is 0 Å². The normalized spacial score (nSPS) is 11.6. The van der Waals surface area contributed by atoms with E-state index in [1.54, 1.807) is 31.4 Å². The smallest absolute Gasteiger partial charge is 0.237 e. The van der Waals surface area contributed by atoms with E-state index < -0.39 is 5.25 Å². The quantitative estimate of drug-likeness (QED) is 0.436. The second-order valence-electron chi connectivity index (χ2n) is 6.82. The molecule has 6 nitrogen and oxygen atoms in total. The lowest BCUT2D eigenvalue weighted by Crippen LogP contribution is -2.23. The summed E-state index contributed by atoms with van der Waals surface area (Å²) in [7, 11) is 1.63. The highest BCUT2D eigenvalue weighted by Crippen LogP contribution is 2.31. The summed E-state index contributed by atoms with van der Waals surface area (Å²) in [6, 6.07) is 24.6. The van der Waals surface area contributed by atoms with Crippen LogP contribution in [-0.4, -0.2) is 27.8 Å². The molecule has 1 atom stereocenters. The van der Waals surface area contributed by atoms with E-state index in [1.165, 1.54) is 11.8 Å². The van der Waals surface area contributed by atoms with Crippen molar-refractivity contribution in [1.29, 1.82) is 5.26 Å². The lowest BCUT2D eigenvalue weighted by atomic mass is 10.2. The maximum absolute atomic E-state index is 12.8. The minimum absolute atomic E-state index is 0.193. The van der Waals surface area contributed by atoms with Gasteiger partial charge < -0.3 is 10.1 Å². The van der Waals surface area contributed by atoms with Gasteiger partial charge in [0.15, 0.2) is 5.16 Å². The molecule has 0 fully saturated rings. The van der Waals surface area contributed by atoms with Gasteiger partial charge >= 0.3 is 0 Å². The van der Waals surface area contributed by atoms with Crippen molar-refractivity contribution in [3.05, 3.63) is 78.4 Å². The second kappa shape index (κ2) is 8.94. The Balaban J connectivity index is 1.64. The molecule has 154 valence electrons. The molecule has 4 rings (SSSR count). The van der Waals surface area contributed by atoms with Crippen molar-refractivity contribution < 1.29 is 9.53 Å². The van der Waals surface area contributed by atoms with Crippen molar-refractivity contribution in [2.45, 2.75) is 17.3 Å². The maximum atomic E-state index is 12.8. The molecule has 0 saturated heterocycles. The highest BCUT2D eigenvalue weighted by molar-refractivity contribution is 8.00. The van der Waals surface area contributed by atoms with Crippen LogP contribution in [0.5, 0.6) is 5.75 Å². The molecule has 0 saturated carbocycles. The maximum Gasteiger partial charge on any atom is 0.237 e. The van der Waals surface area contributed by atoms with Crippen LogP contribution in [0.1, 0.15) is 12.5 Å². The van der Waals surface area contributed by atoms with Crippen molar-refractivity contribution in [1.82, 2.24) is 9.55 Å². The number of ether oxygens (including phenoxy) is 1. The number of amides is 1. The Hall–Kier alpha value is -3.76. The number of hydrogen-bond acceptors (Lipinski definition) is 5. The minimum atomic E-state index is -0.430. The molecule has 0 aliphatic rings. The number of thioether (sulfide) groups is 1. The summed E-state index contributed by atoms with van der Waals surface area (Å²) in [5, 5.41) is 12.4. The van der Waals surface area contributed by atoms with E-state index in [0.29, 0.717) is 16.4 Å². The topological polar surface area (TPSA) is 79.9 Å². The molecule has 1 aromatic heterocycles. The highest BCUT2D eigenvalue weighted by Gasteiger charge is 2.21. The van der Waals surface area contributed by atoms with Crippen LogP contribution < -0.4 is 10.1 Å². The van der Waals surface area contributed by atoms with E-state index >= 15 is 0 Å². The number of fused-ring (bicyclic) bond motifs is 1. The lowest BCUT2D eigenvalue weighted by Gasteiger charge is -2.14. The largest absolute Gasteiger partial charge is 0.497 e. The standard InChI is InChI=1S/C24H20N4O2S/c1-16(23(29)26-20-8-4-3-7-17(20)15-25)31-24-27-21-9-5-6-10-22(21)28(24)18-11-13-19(30-2)14-12-18/h3-14,16H,1-2H3,(H,26,29). The van der Waals surface area contributed by atoms with Crippen LogP contribution in [0.2, 0.25) is 0 Å². The number of benzene rings is 3. The van der Waals surface area contributed by atoms with Crippen LogP contribution in [0.15, 0.2) is 78.0 Å². The Morgan fingerprint density at radius 3 is 2.55 bits per heavy atom. The van der Waals surface area contributed by atoms with Crippen molar-refractivity contribution >= 4 is 34.4 Å². The van der Waals surface area contributed by atoms with Gasteiger partial charge in [-0.3, -0.25) is 9.36 Å². The number of carbonyl (C=O) groups is 1. The molecule has 0 bridgehead atoms. The molecule has 0 aliphatic heterocycles. The SMILES string of the molecule is COc1ccc(-n2c(SC(C)C(=O)Nc3ccccc3C#N)nc3ccccc32)cc1.